The van der Waals surface area contributed by atoms with E-state index in [2.05, 4.69) is 19.9 Å². The molecule has 92 valence electrons. The Hall–Kier alpha value is -2.82. The van der Waals surface area contributed by atoms with Gasteiger partial charge in [-0.2, -0.15) is 0 Å². The highest BCUT2D eigenvalue weighted by Crippen LogP contribution is 2.28. The van der Waals surface area contributed by atoms with Crippen LogP contribution in [0.15, 0.2) is 55.5 Å². The van der Waals surface area contributed by atoms with Gasteiger partial charge in [-0.3, -0.25) is 4.98 Å². The standard InChI is InChI=1S/C14H11N5/c15-14-13(10-2-1-3-16-5-10)4-11(8-19-14)12-6-17-9-18-7-12/h1-9H,(H2,15,19). The highest BCUT2D eigenvalue weighted by atomic mass is 14.8. The van der Waals surface area contributed by atoms with E-state index in [4.69, 9.17) is 5.73 Å². The number of hydrogen-bond donors (Lipinski definition) is 1. The average molecular weight is 249 g/mol. The highest BCUT2D eigenvalue weighted by molar-refractivity contribution is 5.78. The molecule has 5 heteroatoms. The molecule has 2 N–H and O–H groups in total. The first-order valence-corrected chi connectivity index (χ1v) is 5.76. The summed E-state index contributed by atoms with van der Waals surface area (Å²) in [6.45, 7) is 0. The van der Waals surface area contributed by atoms with Crippen LogP contribution in [0.25, 0.3) is 22.3 Å². The summed E-state index contributed by atoms with van der Waals surface area (Å²) < 4.78 is 0. The molecule has 0 radical (unpaired) electrons. The van der Waals surface area contributed by atoms with E-state index >= 15 is 0 Å². The number of nitrogens with zero attached hydrogens (tertiary/aromatic N) is 4. The van der Waals surface area contributed by atoms with Gasteiger partial charge < -0.3 is 5.73 Å². The van der Waals surface area contributed by atoms with Gasteiger partial charge in [0, 0.05) is 53.2 Å². The lowest BCUT2D eigenvalue weighted by atomic mass is 10.0. The van der Waals surface area contributed by atoms with Crippen LogP contribution in [-0.2, 0) is 0 Å². The van der Waals surface area contributed by atoms with Crippen LogP contribution in [0.3, 0.4) is 0 Å². The Balaban J connectivity index is 2.12. The Kier molecular flexibility index (Phi) is 2.86. The molecule has 3 heterocycles. The molecular formula is C14H11N5. The van der Waals surface area contributed by atoms with Gasteiger partial charge in [-0.1, -0.05) is 6.07 Å². The molecule has 3 aromatic heterocycles. The Morgan fingerprint density at radius 3 is 2.37 bits per heavy atom. The van der Waals surface area contributed by atoms with E-state index in [0.29, 0.717) is 5.82 Å². The number of nitrogens with two attached hydrogens (primary N) is 1. The Morgan fingerprint density at radius 1 is 0.842 bits per heavy atom. The van der Waals surface area contributed by atoms with Crippen molar-refractivity contribution < 1.29 is 0 Å². The summed E-state index contributed by atoms with van der Waals surface area (Å²) in [5.41, 5.74) is 9.55. The zero-order valence-corrected chi connectivity index (χ0v) is 10.1. The van der Waals surface area contributed by atoms with Crippen molar-refractivity contribution in [1.29, 1.82) is 0 Å². The Labute approximate surface area is 110 Å². The second kappa shape index (κ2) is 4.81. The zero-order chi connectivity index (χ0) is 13.1. The fourth-order valence-electron chi connectivity index (χ4n) is 1.83. The predicted molar refractivity (Wildman–Crippen MR) is 72.9 cm³/mol. The minimum atomic E-state index is 0.480. The smallest absolute Gasteiger partial charge is 0.131 e. The maximum Gasteiger partial charge on any atom is 0.131 e. The molecule has 3 rings (SSSR count). The van der Waals surface area contributed by atoms with Crippen LogP contribution in [0.5, 0.6) is 0 Å². The number of rotatable bonds is 2. The van der Waals surface area contributed by atoms with Gasteiger partial charge in [0.25, 0.3) is 0 Å². The van der Waals surface area contributed by atoms with Crippen LogP contribution in [0.4, 0.5) is 5.82 Å². The average Bonchev–Trinajstić information content (AvgIpc) is 2.49. The quantitative estimate of drug-likeness (QED) is 0.753. The summed E-state index contributed by atoms with van der Waals surface area (Å²) in [5.74, 6) is 0.480. The van der Waals surface area contributed by atoms with E-state index in [1.54, 1.807) is 31.0 Å². The zero-order valence-electron chi connectivity index (χ0n) is 10.1. The molecule has 0 saturated heterocycles. The monoisotopic (exact) mass is 249 g/mol. The van der Waals surface area contributed by atoms with E-state index in [9.17, 15) is 0 Å². The molecule has 0 unspecified atom stereocenters. The van der Waals surface area contributed by atoms with Gasteiger partial charge in [0.15, 0.2) is 0 Å². The van der Waals surface area contributed by atoms with Crippen LogP contribution >= 0.6 is 0 Å². The first-order chi connectivity index (χ1) is 9.34. The van der Waals surface area contributed by atoms with E-state index in [1.165, 1.54) is 6.33 Å². The third-order valence-electron chi connectivity index (χ3n) is 2.78. The summed E-state index contributed by atoms with van der Waals surface area (Å²) in [4.78, 5) is 16.3. The SMILES string of the molecule is Nc1ncc(-c2cncnc2)cc1-c1cccnc1. The Bertz CT molecular complexity index is 683. The molecule has 0 aromatic carbocycles. The molecule has 0 saturated carbocycles. The molecule has 3 aromatic rings. The normalized spacial score (nSPS) is 10.3. The lowest BCUT2D eigenvalue weighted by Crippen LogP contribution is -1.95. The number of nitrogen functional groups attached to an aromatic ring is 1. The maximum atomic E-state index is 5.93. The van der Waals surface area contributed by atoms with Gasteiger partial charge in [-0.05, 0) is 12.1 Å². The molecular weight excluding hydrogens is 238 g/mol. The van der Waals surface area contributed by atoms with Crippen molar-refractivity contribution >= 4 is 5.82 Å². The van der Waals surface area contributed by atoms with Gasteiger partial charge >= 0.3 is 0 Å². The van der Waals surface area contributed by atoms with E-state index in [1.807, 2.05) is 18.2 Å². The minimum Gasteiger partial charge on any atom is -0.383 e. The molecule has 5 nitrogen and oxygen atoms in total. The lowest BCUT2D eigenvalue weighted by Gasteiger charge is -2.07. The van der Waals surface area contributed by atoms with Crippen molar-refractivity contribution in [2.24, 2.45) is 0 Å². The topological polar surface area (TPSA) is 77.6 Å². The van der Waals surface area contributed by atoms with Gasteiger partial charge in [-0.25, -0.2) is 15.0 Å². The molecule has 0 bridgehead atoms. The van der Waals surface area contributed by atoms with Crippen LogP contribution in [0, 0.1) is 0 Å². The van der Waals surface area contributed by atoms with Crippen molar-refractivity contribution in [2.45, 2.75) is 0 Å². The van der Waals surface area contributed by atoms with E-state index < -0.39 is 0 Å². The molecule has 0 aliphatic rings. The Morgan fingerprint density at radius 2 is 1.63 bits per heavy atom. The first-order valence-electron chi connectivity index (χ1n) is 5.76. The van der Waals surface area contributed by atoms with Crippen molar-refractivity contribution in [3.8, 4) is 22.3 Å². The van der Waals surface area contributed by atoms with E-state index in [0.717, 1.165) is 22.3 Å². The predicted octanol–water partition coefficient (Wildman–Crippen LogP) is 2.18. The first kappa shape index (κ1) is 11.3. The molecule has 0 spiro atoms. The molecule has 0 aliphatic heterocycles. The molecule has 0 aliphatic carbocycles. The summed E-state index contributed by atoms with van der Waals surface area (Å²) >= 11 is 0. The summed E-state index contributed by atoms with van der Waals surface area (Å²) in [5, 5.41) is 0. The molecule has 19 heavy (non-hydrogen) atoms. The molecule has 0 atom stereocenters. The summed E-state index contributed by atoms with van der Waals surface area (Å²) in [6, 6.07) is 5.79. The number of hydrogen-bond acceptors (Lipinski definition) is 5. The highest BCUT2D eigenvalue weighted by Gasteiger charge is 2.07. The third kappa shape index (κ3) is 2.26. The van der Waals surface area contributed by atoms with Gasteiger partial charge in [0.2, 0.25) is 0 Å². The van der Waals surface area contributed by atoms with Gasteiger partial charge in [0.1, 0.15) is 12.1 Å². The van der Waals surface area contributed by atoms with Crippen LogP contribution in [-0.4, -0.2) is 19.9 Å². The maximum absolute atomic E-state index is 5.93. The van der Waals surface area contributed by atoms with Crippen molar-refractivity contribution in [3.63, 3.8) is 0 Å². The largest absolute Gasteiger partial charge is 0.383 e. The second-order valence-corrected chi connectivity index (χ2v) is 4.03. The van der Waals surface area contributed by atoms with Crippen molar-refractivity contribution in [3.05, 3.63) is 55.5 Å². The fraction of sp³-hybridized carbons (Fsp3) is 0. The third-order valence-corrected chi connectivity index (χ3v) is 2.78. The molecule has 0 amide bonds. The van der Waals surface area contributed by atoms with Crippen LogP contribution in [0.1, 0.15) is 0 Å². The van der Waals surface area contributed by atoms with Gasteiger partial charge in [-0.15, -0.1) is 0 Å². The molecule has 0 fully saturated rings. The number of aromatic nitrogens is 4. The second-order valence-electron chi connectivity index (χ2n) is 4.03. The van der Waals surface area contributed by atoms with Crippen molar-refractivity contribution in [1.82, 2.24) is 19.9 Å². The summed E-state index contributed by atoms with van der Waals surface area (Å²) in [7, 11) is 0. The number of pyridine rings is 2. The van der Waals surface area contributed by atoms with Crippen molar-refractivity contribution in [2.75, 3.05) is 5.73 Å². The minimum absolute atomic E-state index is 0.480. The summed E-state index contributed by atoms with van der Waals surface area (Å²) in [6.07, 6.45) is 10.2. The fourth-order valence-corrected chi connectivity index (χ4v) is 1.83. The lowest BCUT2D eigenvalue weighted by molar-refractivity contribution is 1.17. The van der Waals surface area contributed by atoms with Crippen LogP contribution < -0.4 is 5.73 Å². The number of anilines is 1. The van der Waals surface area contributed by atoms with Crippen LogP contribution in [0.2, 0.25) is 0 Å². The van der Waals surface area contributed by atoms with Gasteiger partial charge in [0.05, 0.1) is 0 Å². The van der Waals surface area contributed by atoms with E-state index in [-0.39, 0.29) is 0 Å².